The van der Waals surface area contributed by atoms with E-state index in [1.54, 1.807) is 0 Å². The fourth-order valence-electron chi connectivity index (χ4n) is 2.17. The highest BCUT2D eigenvalue weighted by atomic mass is 19.4. The van der Waals surface area contributed by atoms with E-state index in [-0.39, 0.29) is 12.1 Å². The van der Waals surface area contributed by atoms with Gasteiger partial charge in [-0.2, -0.15) is 0 Å². The lowest BCUT2D eigenvalue weighted by atomic mass is 10.1. The predicted molar refractivity (Wildman–Crippen MR) is 64.3 cm³/mol. The maximum Gasteiger partial charge on any atom is 0.573 e. The summed E-state index contributed by atoms with van der Waals surface area (Å²) in [6.07, 6.45) is -4.28. The third-order valence-electron chi connectivity index (χ3n) is 3.03. The van der Waals surface area contributed by atoms with Crippen molar-refractivity contribution in [1.29, 1.82) is 0 Å². The van der Waals surface area contributed by atoms with Crippen LogP contribution in [0, 0.1) is 0 Å². The van der Waals surface area contributed by atoms with Gasteiger partial charge in [0.05, 0.1) is 11.7 Å². The molecule has 1 saturated heterocycles. The fraction of sp³-hybridized carbons (Fsp3) is 0.462. The van der Waals surface area contributed by atoms with E-state index in [1.807, 2.05) is 0 Å². The number of aliphatic hydroxyl groups excluding tert-OH is 1. The van der Waals surface area contributed by atoms with Gasteiger partial charge < -0.3 is 14.7 Å². The van der Waals surface area contributed by atoms with Gasteiger partial charge in [-0.3, -0.25) is 4.79 Å². The quantitative estimate of drug-likeness (QED) is 0.908. The summed E-state index contributed by atoms with van der Waals surface area (Å²) in [5, 5.41) is 9.53. The van der Waals surface area contributed by atoms with E-state index in [2.05, 4.69) is 4.74 Å². The molecule has 1 atom stereocenters. The Balaban J connectivity index is 2.21. The average Bonchev–Trinajstić information content (AvgIpc) is 2.37. The second-order valence-electron chi connectivity index (χ2n) is 4.59. The number of ether oxygens (including phenoxy) is 1. The first kappa shape index (κ1) is 14.6. The molecule has 1 N–H and O–H groups in total. The molecule has 2 rings (SSSR count). The molecule has 0 aliphatic carbocycles. The molecule has 1 aliphatic rings. The Bertz CT molecular complexity index is 490. The summed E-state index contributed by atoms with van der Waals surface area (Å²) < 4.78 is 40.8. The van der Waals surface area contributed by atoms with Crippen molar-refractivity contribution in [2.45, 2.75) is 25.3 Å². The molecular weight excluding hydrogens is 275 g/mol. The molecule has 1 aliphatic heterocycles. The lowest BCUT2D eigenvalue weighted by Crippen LogP contribution is -2.42. The lowest BCUT2D eigenvalue weighted by molar-refractivity contribution is -0.274. The zero-order chi connectivity index (χ0) is 14.8. The number of rotatable bonds is 2. The van der Waals surface area contributed by atoms with E-state index in [1.165, 1.54) is 23.1 Å². The zero-order valence-corrected chi connectivity index (χ0v) is 10.6. The minimum absolute atomic E-state index is 0.124. The minimum atomic E-state index is -4.85. The zero-order valence-electron chi connectivity index (χ0n) is 10.6. The number of halogens is 3. The Labute approximate surface area is 113 Å². The van der Waals surface area contributed by atoms with Gasteiger partial charge in [-0.1, -0.05) is 12.1 Å². The first-order valence-electron chi connectivity index (χ1n) is 6.19. The number of benzene rings is 1. The van der Waals surface area contributed by atoms with Crippen molar-refractivity contribution >= 4 is 5.91 Å². The molecule has 0 spiro atoms. The minimum Gasteiger partial charge on any atom is -0.405 e. The van der Waals surface area contributed by atoms with Gasteiger partial charge in [0, 0.05) is 13.1 Å². The van der Waals surface area contributed by atoms with E-state index in [0.29, 0.717) is 19.4 Å². The van der Waals surface area contributed by atoms with Crippen LogP contribution >= 0.6 is 0 Å². The van der Waals surface area contributed by atoms with Crippen molar-refractivity contribution in [2.75, 3.05) is 13.1 Å². The van der Waals surface area contributed by atoms with Crippen molar-refractivity contribution in [3.05, 3.63) is 29.8 Å². The highest BCUT2D eigenvalue weighted by Crippen LogP contribution is 2.27. The topological polar surface area (TPSA) is 49.8 Å². The van der Waals surface area contributed by atoms with Crippen molar-refractivity contribution in [3.8, 4) is 5.75 Å². The maximum absolute atomic E-state index is 12.3. The first-order chi connectivity index (χ1) is 9.37. The second-order valence-corrected chi connectivity index (χ2v) is 4.59. The van der Waals surface area contributed by atoms with Gasteiger partial charge in [0.1, 0.15) is 5.75 Å². The summed E-state index contributed by atoms with van der Waals surface area (Å²) >= 11 is 0. The third kappa shape index (κ3) is 3.63. The second kappa shape index (κ2) is 5.70. The smallest absolute Gasteiger partial charge is 0.405 e. The lowest BCUT2D eigenvalue weighted by Gasteiger charge is -2.30. The number of amides is 1. The summed E-state index contributed by atoms with van der Waals surface area (Å²) in [5.41, 5.74) is -0.154. The molecule has 7 heteroatoms. The molecule has 110 valence electrons. The molecule has 1 heterocycles. The van der Waals surface area contributed by atoms with E-state index < -0.39 is 24.1 Å². The predicted octanol–water partition coefficient (Wildman–Crippen LogP) is 2.18. The Morgan fingerprint density at radius 1 is 1.35 bits per heavy atom. The van der Waals surface area contributed by atoms with Crippen molar-refractivity contribution in [1.82, 2.24) is 4.90 Å². The van der Waals surface area contributed by atoms with Crippen LogP contribution in [0.5, 0.6) is 5.75 Å². The number of carbonyl (C=O) groups is 1. The highest BCUT2D eigenvalue weighted by molar-refractivity contribution is 5.97. The molecule has 0 aromatic heterocycles. The monoisotopic (exact) mass is 289 g/mol. The molecule has 20 heavy (non-hydrogen) atoms. The Morgan fingerprint density at radius 2 is 2.05 bits per heavy atom. The molecule has 1 aromatic carbocycles. The van der Waals surface area contributed by atoms with Gasteiger partial charge in [0.2, 0.25) is 0 Å². The Morgan fingerprint density at radius 3 is 2.70 bits per heavy atom. The van der Waals surface area contributed by atoms with Crippen LogP contribution in [-0.2, 0) is 0 Å². The van der Waals surface area contributed by atoms with E-state index in [4.69, 9.17) is 0 Å². The maximum atomic E-state index is 12.3. The molecule has 1 amide bonds. The molecule has 4 nitrogen and oxygen atoms in total. The normalized spacial score (nSPS) is 19.8. The SMILES string of the molecule is O=C(c1ccccc1OC(F)(F)F)N1CCCC(O)C1. The largest absolute Gasteiger partial charge is 0.573 e. The van der Waals surface area contributed by atoms with Gasteiger partial charge >= 0.3 is 6.36 Å². The van der Waals surface area contributed by atoms with Gasteiger partial charge in [-0.05, 0) is 25.0 Å². The number of carbonyl (C=O) groups excluding carboxylic acids is 1. The standard InChI is InChI=1S/C13H14F3NO3/c14-13(15,16)20-11-6-2-1-5-10(11)12(19)17-7-3-4-9(18)8-17/h1-2,5-6,9,18H,3-4,7-8H2. The molecule has 0 radical (unpaired) electrons. The fourth-order valence-corrected chi connectivity index (χ4v) is 2.17. The Hall–Kier alpha value is -1.76. The third-order valence-corrected chi connectivity index (χ3v) is 3.03. The number of β-amino-alcohol motifs (C(OH)–C–C–N with tert-alkyl or cyclic N) is 1. The van der Waals surface area contributed by atoms with E-state index in [9.17, 15) is 23.1 Å². The van der Waals surface area contributed by atoms with Crippen LogP contribution in [0.25, 0.3) is 0 Å². The van der Waals surface area contributed by atoms with E-state index >= 15 is 0 Å². The summed E-state index contributed by atoms with van der Waals surface area (Å²) in [4.78, 5) is 13.6. The first-order valence-corrected chi connectivity index (χ1v) is 6.19. The summed E-state index contributed by atoms with van der Waals surface area (Å²) in [6, 6.07) is 5.21. The van der Waals surface area contributed by atoms with Crippen molar-refractivity contribution in [3.63, 3.8) is 0 Å². The molecule has 1 unspecified atom stereocenters. The Kier molecular flexibility index (Phi) is 4.17. The number of hydrogen-bond donors (Lipinski definition) is 1. The molecular formula is C13H14F3NO3. The molecule has 1 aromatic rings. The average molecular weight is 289 g/mol. The highest BCUT2D eigenvalue weighted by Gasteiger charge is 2.34. The number of nitrogens with zero attached hydrogens (tertiary/aromatic N) is 1. The van der Waals surface area contributed by atoms with Crippen LogP contribution in [-0.4, -0.2) is 41.5 Å². The van der Waals surface area contributed by atoms with Crippen LogP contribution in [0.1, 0.15) is 23.2 Å². The van der Waals surface area contributed by atoms with Gasteiger partial charge in [-0.25, -0.2) is 0 Å². The molecule has 0 saturated carbocycles. The van der Waals surface area contributed by atoms with E-state index in [0.717, 1.165) is 6.07 Å². The van der Waals surface area contributed by atoms with Crippen molar-refractivity contribution in [2.24, 2.45) is 0 Å². The van der Waals surface area contributed by atoms with Crippen LogP contribution in [0.3, 0.4) is 0 Å². The van der Waals surface area contributed by atoms with Crippen LogP contribution in [0.2, 0.25) is 0 Å². The number of piperidine rings is 1. The molecule has 1 fully saturated rings. The molecule has 0 bridgehead atoms. The van der Waals surface area contributed by atoms with Crippen molar-refractivity contribution < 1.29 is 27.8 Å². The van der Waals surface area contributed by atoms with Crippen LogP contribution in [0.15, 0.2) is 24.3 Å². The van der Waals surface area contributed by atoms with Gasteiger partial charge in [-0.15, -0.1) is 13.2 Å². The van der Waals surface area contributed by atoms with Gasteiger partial charge in [0.15, 0.2) is 0 Å². The number of aliphatic hydroxyl groups is 1. The van der Waals surface area contributed by atoms with Crippen LogP contribution in [0.4, 0.5) is 13.2 Å². The number of para-hydroxylation sites is 1. The summed E-state index contributed by atoms with van der Waals surface area (Å²) in [6.45, 7) is 0.537. The number of hydrogen-bond acceptors (Lipinski definition) is 3. The van der Waals surface area contributed by atoms with Crippen LogP contribution < -0.4 is 4.74 Å². The summed E-state index contributed by atoms with van der Waals surface area (Å²) in [7, 11) is 0. The van der Waals surface area contributed by atoms with Gasteiger partial charge in [0.25, 0.3) is 5.91 Å². The summed E-state index contributed by atoms with van der Waals surface area (Å²) in [5.74, 6) is -1.09. The number of alkyl halides is 3. The number of likely N-dealkylation sites (tertiary alicyclic amines) is 1.